The molecule has 0 aliphatic heterocycles. The fourth-order valence-electron chi connectivity index (χ4n) is 2.56. The fraction of sp³-hybridized carbons (Fsp3) is 0.789. The maximum Gasteiger partial charge on any atom is 0.410 e. The van der Waals surface area contributed by atoms with E-state index in [1.54, 1.807) is 18.3 Å². The lowest BCUT2D eigenvalue weighted by atomic mass is 10.2. The van der Waals surface area contributed by atoms with Crippen LogP contribution in [0.25, 0.3) is 0 Å². The number of carbonyl (C=O) groups excluding carboxylic acids is 1. The molecule has 0 radical (unpaired) electrons. The largest absolute Gasteiger partial charge is 0.444 e. The van der Waals surface area contributed by atoms with Gasteiger partial charge in [-0.1, -0.05) is 13.8 Å². The zero-order valence-corrected chi connectivity index (χ0v) is 18.4. The van der Waals surface area contributed by atoms with E-state index in [-0.39, 0.29) is 12.0 Å². The molecule has 160 valence electrons. The van der Waals surface area contributed by atoms with Gasteiger partial charge in [0, 0.05) is 46.2 Å². The zero-order chi connectivity index (χ0) is 21.2. The van der Waals surface area contributed by atoms with Gasteiger partial charge in [0.25, 0.3) is 0 Å². The minimum absolute atomic E-state index is 0.206. The summed E-state index contributed by atoms with van der Waals surface area (Å²) in [5, 5.41) is 14.6. The van der Waals surface area contributed by atoms with E-state index in [0.29, 0.717) is 13.1 Å². The molecule has 9 heteroatoms. The number of carbonyl (C=O) groups is 1. The third-order valence-electron chi connectivity index (χ3n) is 3.85. The molecule has 1 atom stereocenters. The van der Waals surface area contributed by atoms with Gasteiger partial charge in [0.05, 0.1) is 0 Å². The van der Waals surface area contributed by atoms with Crippen LogP contribution in [0.1, 0.15) is 47.4 Å². The van der Waals surface area contributed by atoms with Crippen molar-refractivity contribution in [2.24, 2.45) is 10.9 Å². The summed E-state index contributed by atoms with van der Waals surface area (Å²) in [5.41, 5.74) is -0.489. The lowest BCUT2D eigenvalue weighted by Gasteiger charge is -2.26. The monoisotopic (exact) mass is 395 g/mol. The quantitative estimate of drug-likeness (QED) is 0.490. The molecular weight excluding hydrogens is 358 g/mol. The van der Waals surface area contributed by atoms with Crippen LogP contribution in [0.15, 0.2) is 11.3 Å². The lowest BCUT2D eigenvalue weighted by Crippen LogP contribution is -2.40. The van der Waals surface area contributed by atoms with E-state index in [0.717, 1.165) is 37.8 Å². The van der Waals surface area contributed by atoms with Crippen LogP contribution < -0.4 is 10.6 Å². The number of aryl methyl sites for hydroxylation is 1. The van der Waals surface area contributed by atoms with Gasteiger partial charge in [-0.3, -0.25) is 4.99 Å². The number of nitrogens with one attached hydrogen (secondary N) is 2. The second-order valence-corrected chi connectivity index (χ2v) is 7.91. The summed E-state index contributed by atoms with van der Waals surface area (Å²) in [7, 11) is 1.75. The normalized spacial score (nSPS) is 13.2. The SMILES string of the molecule is CCNC(=NCC(C)CN(C)C(=O)OC(C)(C)C)NCCn1cnnc1CC. The number of hydrogen-bond donors (Lipinski definition) is 2. The van der Waals surface area contributed by atoms with E-state index < -0.39 is 5.60 Å². The van der Waals surface area contributed by atoms with Crippen LogP contribution in [0.5, 0.6) is 0 Å². The zero-order valence-electron chi connectivity index (χ0n) is 18.4. The van der Waals surface area contributed by atoms with Crippen LogP contribution in [0.4, 0.5) is 4.79 Å². The summed E-state index contributed by atoms with van der Waals surface area (Å²) in [6.45, 7) is 15.2. The summed E-state index contributed by atoms with van der Waals surface area (Å²) in [4.78, 5) is 18.3. The van der Waals surface area contributed by atoms with Gasteiger partial charge in [0.15, 0.2) is 5.96 Å². The maximum absolute atomic E-state index is 12.1. The molecule has 1 heterocycles. The number of amides is 1. The summed E-state index contributed by atoms with van der Waals surface area (Å²) in [5.74, 6) is 1.94. The second kappa shape index (κ2) is 11.5. The van der Waals surface area contributed by atoms with Crippen molar-refractivity contribution in [1.29, 1.82) is 0 Å². The standard InChI is InChI=1S/C19H37N7O2/c1-8-16-24-23-14-26(16)11-10-21-17(20-9-2)22-12-15(3)13-25(7)18(27)28-19(4,5)6/h14-15H,8-13H2,1-7H3,(H2,20,21,22). The van der Waals surface area contributed by atoms with Gasteiger partial charge in [-0.15, -0.1) is 10.2 Å². The molecule has 2 N–H and O–H groups in total. The first kappa shape index (κ1) is 23.7. The first-order valence-electron chi connectivity index (χ1n) is 9.99. The first-order valence-corrected chi connectivity index (χ1v) is 9.99. The predicted molar refractivity (Wildman–Crippen MR) is 111 cm³/mol. The molecule has 9 nitrogen and oxygen atoms in total. The van der Waals surface area contributed by atoms with Crippen molar-refractivity contribution in [3.05, 3.63) is 12.2 Å². The highest BCUT2D eigenvalue weighted by Crippen LogP contribution is 2.10. The van der Waals surface area contributed by atoms with Crippen LogP contribution in [-0.2, 0) is 17.7 Å². The first-order chi connectivity index (χ1) is 13.2. The van der Waals surface area contributed by atoms with E-state index in [1.807, 2.05) is 32.3 Å². The minimum atomic E-state index is -0.489. The molecule has 0 saturated carbocycles. The molecule has 1 aromatic heterocycles. The van der Waals surface area contributed by atoms with Gasteiger partial charge in [0.2, 0.25) is 0 Å². The van der Waals surface area contributed by atoms with Crippen molar-refractivity contribution in [2.75, 3.05) is 33.2 Å². The summed E-state index contributed by atoms with van der Waals surface area (Å²) < 4.78 is 7.42. The van der Waals surface area contributed by atoms with Gasteiger partial charge in [0.1, 0.15) is 17.8 Å². The molecule has 0 bridgehead atoms. The van der Waals surface area contributed by atoms with Gasteiger partial charge >= 0.3 is 6.09 Å². The van der Waals surface area contributed by atoms with Crippen LogP contribution in [0.3, 0.4) is 0 Å². The number of rotatable bonds is 9. The Labute approximate surface area is 168 Å². The Bertz CT molecular complexity index is 622. The van der Waals surface area contributed by atoms with E-state index in [2.05, 4.69) is 39.7 Å². The third-order valence-corrected chi connectivity index (χ3v) is 3.85. The third kappa shape index (κ3) is 9.05. The Morgan fingerprint density at radius 1 is 1.36 bits per heavy atom. The predicted octanol–water partition coefficient (Wildman–Crippen LogP) is 1.90. The Morgan fingerprint density at radius 2 is 2.07 bits per heavy atom. The number of ether oxygens (including phenoxy) is 1. The molecule has 1 amide bonds. The molecule has 0 aliphatic carbocycles. The second-order valence-electron chi connectivity index (χ2n) is 7.91. The number of aliphatic imine (C=N–C) groups is 1. The van der Waals surface area contributed by atoms with E-state index >= 15 is 0 Å². The van der Waals surface area contributed by atoms with Crippen molar-refractivity contribution in [1.82, 2.24) is 30.3 Å². The van der Waals surface area contributed by atoms with Gasteiger partial charge in [-0.05, 0) is 33.6 Å². The average molecular weight is 396 g/mol. The van der Waals surface area contributed by atoms with Crippen molar-refractivity contribution < 1.29 is 9.53 Å². The maximum atomic E-state index is 12.1. The minimum Gasteiger partial charge on any atom is -0.444 e. The number of aromatic nitrogens is 3. The van der Waals surface area contributed by atoms with Gasteiger partial charge < -0.3 is 24.8 Å². The molecule has 0 saturated heterocycles. The highest BCUT2D eigenvalue weighted by molar-refractivity contribution is 5.79. The van der Waals surface area contributed by atoms with Gasteiger partial charge in [-0.2, -0.15) is 0 Å². The highest BCUT2D eigenvalue weighted by Gasteiger charge is 2.20. The van der Waals surface area contributed by atoms with Crippen molar-refractivity contribution in [3.8, 4) is 0 Å². The summed E-state index contributed by atoms with van der Waals surface area (Å²) in [6, 6.07) is 0. The molecule has 1 rings (SSSR count). The van der Waals surface area contributed by atoms with Crippen molar-refractivity contribution in [2.45, 2.75) is 60.1 Å². The fourth-order valence-corrected chi connectivity index (χ4v) is 2.56. The van der Waals surface area contributed by atoms with Crippen molar-refractivity contribution >= 4 is 12.1 Å². The summed E-state index contributed by atoms with van der Waals surface area (Å²) in [6.07, 6.45) is 2.30. The number of nitrogens with zero attached hydrogens (tertiary/aromatic N) is 5. The van der Waals surface area contributed by atoms with Crippen LogP contribution in [0, 0.1) is 5.92 Å². The highest BCUT2D eigenvalue weighted by atomic mass is 16.6. The molecule has 0 fully saturated rings. The molecule has 28 heavy (non-hydrogen) atoms. The number of hydrogen-bond acceptors (Lipinski definition) is 5. The Morgan fingerprint density at radius 3 is 2.68 bits per heavy atom. The van der Waals surface area contributed by atoms with Crippen LogP contribution in [-0.4, -0.2) is 70.5 Å². The number of guanidine groups is 1. The van der Waals surface area contributed by atoms with Crippen molar-refractivity contribution in [3.63, 3.8) is 0 Å². The Balaban J connectivity index is 2.48. The van der Waals surface area contributed by atoms with Crippen LogP contribution in [0.2, 0.25) is 0 Å². The molecule has 1 aromatic rings. The molecule has 0 aromatic carbocycles. The molecule has 0 spiro atoms. The van der Waals surface area contributed by atoms with Gasteiger partial charge in [-0.25, -0.2) is 4.79 Å². The topological polar surface area (TPSA) is 96.7 Å². The Kier molecular flexibility index (Phi) is 9.75. The van der Waals surface area contributed by atoms with E-state index in [1.165, 1.54) is 0 Å². The average Bonchev–Trinajstić information content (AvgIpc) is 3.05. The lowest BCUT2D eigenvalue weighted by molar-refractivity contribution is 0.0279. The smallest absolute Gasteiger partial charge is 0.410 e. The summed E-state index contributed by atoms with van der Waals surface area (Å²) >= 11 is 0. The Hall–Kier alpha value is -2.32. The molecular formula is C19H37N7O2. The molecule has 1 unspecified atom stereocenters. The molecule has 0 aliphatic rings. The van der Waals surface area contributed by atoms with Crippen LogP contribution >= 0.6 is 0 Å². The van der Waals surface area contributed by atoms with E-state index in [4.69, 9.17) is 4.74 Å². The van der Waals surface area contributed by atoms with E-state index in [9.17, 15) is 4.79 Å².